The summed E-state index contributed by atoms with van der Waals surface area (Å²) >= 11 is 0. The molecule has 17 heavy (non-hydrogen) atoms. The maximum Gasteiger partial charge on any atom is 0.255 e. The van der Waals surface area contributed by atoms with Gasteiger partial charge < -0.3 is 10.3 Å². The fourth-order valence-corrected chi connectivity index (χ4v) is 3.72. The molecule has 0 radical (unpaired) electrons. The van der Waals surface area contributed by atoms with Crippen LogP contribution in [0, 0.1) is 0 Å². The van der Waals surface area contributed by atoms with Crippen molar-refractivity contribution in [3.63, 3.8) is 0 Å². The number of hydrogen-bond acceptors (Lipinski definition) is 5. The van der Waals surface area contributed by atoms with Crippen molar-refractivity contribution in [1.82, 2.24) is 15.3 Å². The van der Waals surface area contributed by atoms with Gasteiger partial charge in [-0.05, 0) is 13.5 Å². The molecule has 2 rings (SSSR count). The number of rotatable bonds is 3. The molecule has 0 aromatic carbocycles. The minimum atomic E-state index is -2.95. The predicted molar refractivity (Wildman–Crippen MR) is 63.6 cm³/mol. The highest BCUT2D eigenvalue weighted by Gasteiger charge is 2.30. The van der Waals surface area contributed by atoms with Gasteiger partial charge in [0, 0.05) is 24.2 Å². The first-order valence-electron chi connectivity index (χ1n) is 5.45. The molecular weight excluding hydrogens is 242 g/mol. The van der Waals surface area contributed by atoms with E-state index in [0.29, 0.717) is 24.4 Å². The van der Waals surface area contributed by atoms with Gasteiger partial charge in [-0.25, -0.2) is 13.4 Å². The molecule has 1 atom stereocenters. The number of H-pyrrole nitrogens is 1. The zero-order chi connectivity index (χ0) is 12.5. The van der Waals surface area contributed by atoms with E-state index in [2.05, 4.69) is 15.3 Å². The second-order valence-corrected chi connectivity index (χ2v) is 6.48. The minimum absolute atomic E-state index is 0.0846. The summed E-state index contributed by atoms with van der Waals surface area (Å²) in [5, 5.41) is 2.87. The van der Waals surface area contributed by atoms with Gasteiger partial charge in [-0.15, -0.1) is 0 Å². The highest BCUT2D eigenvalue weighted by molar-refractivity contribution is 7.91. The van der Waals surface area contributed by atoms with Crippen molar-refractivity contribution >= 4 is 9.84 Å². The van der Waals surface area contributed by atoms with Crippen molar-refractivity contribution in [1.29, 1.82) is 0 Å². The van der Waals surface area contributed by atoms with E-state index in [1.807, 2.05) is 0 Å². The van der Waals surface area contributed by atoms with Crippen LogP contribution in [0.15, 0.2) is 11.0 Å². The third-order valence-corrected chi connectivity index (χ3v) is 4.65. The van der Waals surface area contributed by atoms with Crippen LogP contribution >= 0.6 is 0 Å². The molecule has 0 aliphatic carbocycles. The summed E-state index contributed by atoms with van der Waals surface area (Å²) in [5.41, 5.74) is 0.353. The van der Waals surface area contributed by atoms with Crippen LogP contribution in [0.4, 0.5) is 0 Å². The van der Waals surface area contributed by atoms with Crippen LogP contribution in [-0.2, 0) is 16.4 Å². The number of aromatic nitrogens is 2. The Morgan fingerprint density at radius 2 is 2.35 bits per heavy atom. The lowest BCUT2D eigenvalue weighted by molar-refractivity contribution is 0.601. The van der Waals surface area contributed by atoms with E-state index >= 15 is 0 Å². The van der Waals surface area contributed by atoms with Crippen LogP contribution in [0.1, 0.15) is 23.7 Å². The van der Waals surface area contributed by atoms with Gasteiger partial charge in [0.05, 0.1) is 11.5 Å². The Hall–Kier alpha value is -1.21. The molecule has 1 aliphatic heterocycles. The van der Waals surface area contributed by atoms with E-state index in [1.54, 1.807) is 7.05 Å². The SMILES string of the molecule is CNCc1cnc(C2CCS(=O)(=O)C2)[nH]c1=O. The Balaban J connectivity index is 2.24. The monoisotopic (exact) mass is 257 g/mol. The second kappa shape index (κ2) is 4.58. The normalized spacial score (nSPS) is 22.8. The predicted octanol–water partition coefficient (Wildman–Crippen LogP) is -0.609. The summed E-state index contributed by atoms with van der Waals surface area (Å²) < 4.78 is 22.7. The molecule has 1 fully saturated rings. The molecular formula is C10H15N3O3S. The molecule has 0 bridgehead atoms. The average Bonchev–Trinajstić information content (AvgIpc) is 2.62. The molecule has 1 aromatic rings. The fourth-order valence-electron chi connectivity index (χ4n) is 1.97. The molecule has 1 aromatic heterocycles. The van der Waals surface area contributed by atoms with E-state index in [9.17, 15) is 13.2 Å². The summed E-state index contributed by atoms with van der Waals surface area (Å²) in [7, 11) is -1.20. The molecule has 1 saturated heterocycles. The highest BCUT2D eigenvalue weighted by Crippen LogP contribution is 2.25. The number of hydrogen-bond donors (Lipinski definition) is 2. The van der Waals surface area contributed by atoms with Gasteiger partial charge >= 0.3 is 0 Å². The van der Waals surface area contributed by atoms with Gasteiger partial charge in [0.2, 0.25) is 0 Å². The molecule has 2 N–H and O–H groups in total. The Kier molecular flexibility index (Phi) is 3.30. The first kappa shape index (κ1) is 12.3. The maximum absolute atomic E-state index is 11.7. The summed E-state index contributed by atoms with van der Waals surface area (Å²) in [4.78, 5) is 18.5. The molecule has 2 heterocycles. The van der Waals surface area contributed by atoms with Crippen LogP contribution in [0.25, 0.3) is 0 Å². The Labute approximate surface area is 99.4 Å². The quantitative estimate of drug-likeness (QED) is 0.754. The summed E-state index contributed by atoms with van der Waals surface area (Å²) in [6.45, 7) is 0.450. The van der Waals surface area contributed by atoms with Crippen molar-refractivity contribution in [3.05, 3.63) is 27.9 Å². The fraction of sp³-hybridized carbons (Fsp3) is 0.600. The molecule has 94 valence electrons. The van der Waals surface area contributed by atoms with Gasteiger partial charge in [0.25, 0.3) is 5.56 Å². The third kappa shape index (κ3) is 2.73. The van der Waals surface area contributed by atoms with Gasteiger partial charge in [-0.2, -0.15) is 0 Å². The Morgan fingerprint density at radius 3 is 2.88 bits per heavy atom. The topological polar surface area (TPSA) is 91.9 Å². The molecule has 7 heteroatoms. The number of nitrogens with one attached hydrogen (secondary N) is 2. The smallest absolute Gasteiger partial charge is 0.255 e. The maximum atomic E-state index is 11.7. The number of sulfone groups is 1. The largest absolute Gasteiger partial charge is 0.315 e. The van der Waals surface area contributed by atoms with E-state index in [-0.39, 0.29) is 23.0 Å². The van der Waals surface area contributed by atoms with Crippen LogP contribution in [0.3, 0.4) is 0 Å². The van der Waals surface area contributed by atoms with Crippen LogP contribution < -0.4 is 10.9 Å². The van der Waals surface area contributed by atoms with Gasteiger partial charge in [-0.1, -0.05) is 0 Å². The van der Waals surface area contributed by atoms with E-state index in [1.165, 1.54) is 6.20 Å². The van der Waals surface area contributed by atoms with Gasteiger partial charge in [0.1, 0.15) is 5.82 Å². The minimum Gasteiger partial charge on any atom is -0.315 e. The summed E-state index contributed by atoms with van der Waals surface area (Å²) in [6.07, 6.45) is 2.05. The average molecular weight is 257 g/mol. The van der Waals surface area contributed by atoms with Crippen molar-refractivity contribution in [2.75, 3.05) is 18.6 Å². The van der Waals surface area contributed by atoms with Crippen molar-refractivity contribution in [3.8, 4) is 0 Å². The summed E-state index contributed by atoms with van der Waals surface area (Å²) in [5.74, 6) is 0.577. The zero-order valence-corrected chi connectivity index (χ0v) is 10.4. The van der Waals surface area contributed by atoms with Crippen LogP contribution in [-0.4, -0.2) is 36.9 Å². The van der Waals surface area contributed by atoms with E-state index in [0.717, 1.165) is 0 Å². The van der Waals surface area contributed by atoms with Crippen LogP contribution in [0.5, 0.6) is 0 Å². The van der Waals surface area contributed by atoms with E-state index in [4.69, 9.17) is 0 Å². The van der Waals surface area contributed by atoms with Crippen molar-refractivity contribution in [2.45, 2.75) is 18.9 Å². The highest BCUT2D eigenvalue weighted by atomic mass is 32.2. The molecule has 6 nitrogen and oxygen atoms in total. The van der Waals surface area contributed by atoms with Gasteiger partial charge in [0.15, 0.2) is 9.84 Å². The lowest BCUT2D eigenvalue weighted by Gasteiger charge is -2.07. The molecule has 0 amide bonds. The molecule has 1 unspecified atom stereocenters. The van der Waals surface area contributed by atoms with Gasteiger partial charge in [-0.3, -0.25) is 4.79 Å². The standard InChI is InChI=1S/C10H15N3O3S/c1-11-4-8-5-12-9(13-10(8)14)7-2-3-17(15,16)6-7/h5,7,11H,2-4,6H2,1H3,(H,12,13,14). The summed E-state index contributed by atoms with van der Waals surface area (Å²) in [6, 6.07) is 0. The second-order valence-electron chi connectivity index (χ2n) is 4.25. The van der Waals surface area contributed by atoms with Crippen molar-refractivity contribution in [2.24, 2.45) is 0 Å². The Morgan fingerprint density at radius 1 is 1.59 bits per heavy atom. The zero-order valence-electron chi connectivity index (χ0n) is 9.56. The lowest BCUT2D eigenvalue weighted by Crippen LogP contribution is -2.22. The first-order chi connectivity index (χ1) is 8.02. The number of nitrogens with zero attached hydrogens (tertiary/aromatic N) is 1. The first-order valence-corrected chi connectivity index (χ1v) is 7.27. The third-order valence-electron chi connectivity index (χ3n) is 2.88. The Bertz CT molecular complexity index is 564. The van der Waals surface area contributed by atoms with E-state index < -0.39 is 9.84 Å². The number of aromatic amines is 1. The lowest BCUT2D eigenvalue weighted by atomic mass is 10.1. The van der Waals surface area contributed by atoms with Crippen LogP contribution in [0.2, 0.25) is 0 Å². The molecule has 0 spiro atoms. The van der Waals surface area contributed by atoms with Crippen molar-refractivity contribution < 1.29 is 8.42 Å². The molecule has 1 aliphatic rings. The molecule has 0 saturated carbocycles.